The van der Waals surface area contributed by atoms with Gasteiger partial charge in [0, 0.05) is 49.0 Å². The van der Waals surface area contributed by atoms with E-state index in [4.69, 9.17) is 9.47 Å². The van der Waals surface area contributed by atoms with Crippen LogP contribution in [0.15, 0.2) is 29.2 Å². The number of aromatic carboxylic acids is 1. The first-order chi connectivity index (χ1) is 15.3. The first-order valence-electron chi connectivity index (χ1n) is 11.4. The van der Waals surface area contributed by atoms with Crippen molar-refractivity contribution in [2.24, 2.45) is 11.3 Å². The lowest BCUT2D eigenvalue weighted by Gasteiger charge is -2.34. The zero-order valence-electron chi connectivity index (χ0n) is 18.9. The maximum Gasteiger partial charge on any atom is 0.341 e. The number of nitrogens with zero attached hydrogens (tertiary/aromatic N) is 2. The average Bonchev–Trinajstić information content (AvgIpc) is 3.41. The summed E-state index contributed by atoms with van der Waals surface area (Å²) in [6.07, 6.45) is 4.52. The molecule has 0 aliphatic carbocycles. The van der Waals surface area contributed by atoms with Gasteiger partial charge in [0.05, 0.1) is 25.1 Å². The monoisotopic (exact) mass is 438 g/mol. The summed E-state index contributed by atoms with van der Waals surface area (Å²) in [5.41, 5.74) is 3.55. The Kier molecular flexibility index (Phi) is 5.04. The fourth-order valence-corrected chi connectivity index (χ4v) is 5.62. The van der Waals surface area contributed by atoms with Gasteiger partial charge in [-0.3, -0.25) is 4.79 Å². The van der Waals surface area contributed by atoms with Crippen LogP contribution < -0.4 is 15.1 Å². The predicted molar refractivity (Wildman–Crippen MR) is 122 cm³/mol. The van der Waals surface area contributed by atoms with Gasteiger partial charge in [0.2, 0.25) is 0 Å². The second-order valence-electron chi connectivity index (χ2n) is 9.82. The minimum absolute atomic E-state index is 0.0746. The maximum atomic E-state index is 12.5. The number of benzene rings is 1. The molecule has 1 N–H and O–H groups in total. The van der Waals surface area contributed by atoms with Gasteiger partial charge in [0.1, 0.15) is 11.3 Å². The van der Waals surface area contributed by atoms with Crippen molar-refractivity contribution in [1.29, 1.82) is 0 Å². The van der Waals surface area contributed by atoms with Crippen molar-refractivity contribution in [2.75, 3.05) is 38.3 Å². The highest BCUT2D eigenvalue weighted by atomic mass is 16.5. The summed E-state index contributed by atoms with van der Waals surface area (Å²) >= 11 is 0. The Balaban J connectivity index is 1.62. The Bertz CT molecular complexity index is 1130. The normalized spacial score (nSPS) is 24.1. The molecule has 170 valence electrons. The van der Waals surface area contributed by atoms with Crippen LogP contribution in [-0.4, -0.2) is 49.1 Å². The molecule has 2 fully saturated rings. The van der Waals surface area contributed by atoms with Crippen molar-refractivity contribution < 1.29 is 19.4 Å². The number of ether oxygens (including phenoxy) is 2. The molecular formula is C25H30N2O5. The molecule has 2 unspecified atom stereocenters. The van der Waals surface area contributed by atoms with Crippen LogP contribution >= 0.6 is 0 Å². The van der Waals surface area contributed by atoms with E-state index >= 15 is 0 Å². The molecule has 7 nitrogen and oxygen atoms in total. The number of carboxylic acids is 1. The predicted octanol–water partition coefficient (Wildman–Crippen LogP) is 3.59. The topological polar surface area (TPSA) is 81.0 Å². The van der Waals surface area contributed by atoms with Gasteiger partial charge < -0.3 is 24.0 Å². The van der Waals surface area contributed by atoms with E-state index in [1.807, 2.05) is 10.6 Å². The van der Waals surface area contributed by atoms with E-state index in [1.165, 1.54) is 17.8 Å². The molecular weight excluding hydrogens is 408 g/mol. The van der Waals surface area contributed by atoms with Crippen molar-refractivity contribution in [2.45, 2.75) is 39.2 Å². The van der Waals surface area contributed by atoms with Crippen molar-refractivity contribution in [3.63, 3.8) is 0 Å². The number of hydrogen-bond donors (Lipinski definition) is 1. The fraction of sp³-hybridized carbons (Fsp3) is 0.520. The second-order valence-corrected chi connectivity index (χ2v) is 9.82. The quantitative estimate of drug-likeness (QED) is 0.786. The highest BCUT2D eigenvalue weighted by molar-refractivity contribution is 5.88. The van der Waals surface area contributed by atoms with Crippen molar-refractivity contribution in [1.82, 2.24) is 4.57 Å². The summed E-state index contributed by atoms with van der Waals surface area (Å²) in [7, 11) is 1.68. The number of fused-ring (bicyclic) bond motifs is 3. The van der Waals surface area contributed by atoms with Crippen LogP contribution in [0.3, 0.4) is 0 Å². The molecule has 4 heterocycles. The Labute approximate surface area is 187 Å². The summed E-state index contributed by atoms with van der Waals surface area (Å²) < 4.78 is 13.5. The fourth-order valence-electron chi connectivity index (χ4n) is 5.62. The molecule has 7 heteroatoms. The van der Waals surface area contributed by atoms with Crippen LogP contribution in [0.25, 0.3) is 11.3 Å². The average molecular weight is 439 g/mol. The largest absolute Gasteiger partial charge is 0.495 e. The van der Waals surface area contributed by atoms with Gasteiger partial charge in [-0.1, -0.05) is 13.8 Å². The standard InChI is InChI=1S/C25H30N2O5/c1-15(2)19-8-16-9-21(26-6-4-25(13-26)5-7-32-14-25)23(31-3)10-17(16)20-11-22(28)18(24(29)30)12-27(19)20/h9-12,15,19H,4-8,13-14H2,1-3H3,(H,29,30). The zero-order valence-corrected chi connectivity index (χ0v) is 18.9. The molecule has 1 aromatic heterocycles. The number of carbonyl (C=O) groups is 1. The molecule has 0 radical (unpaired) electrons. The zero-order chi connectivity index (χ0) is 22.6. The van der Waals surface area contributed by atoms with Crippen LogP contribution in [0.5, 0.6) is 5.75 Å². The summed E-state index contributed by atoms with van der Waals surface area (Å²) in [5.74, 6) is -0.128. The third-order valence-corrected chi connectivity index (χ3v) is 7.51. The first kappa shape index (κ1) is 21.1. The minimum Gasteiger partial charge on any atom is -0.495 e. The van der Waals surface area contributed by atoms with Gasteiger partial charge >= 0.3 is 5.97 Å². The smallest absolute Gasteiger partial charge is 0.341 e. The van der Waals surface area contributed by atoms with E-state index in [1.54, 1.807) is 7.11 Å². The number of methoxy groups -OCH3 is 1. The van der Waals surface area contributed by atoms with E-state index < -0.39 is 11.4 Å². The molecule has 2 saturated heterocycles. The Morgan fingerprint density at radius 3 is 2.75 bits per heavy atom. The van der Waals surface area contributed by atoms with E-state index in [-0.39, 0.29) is 22.9 Å². The highest BCUT2D eigenvalue weighted by Gasteiger charge is 2.42. The third kappa shape index (κ3) is 3.30. The number of rotatable bonds is 4. The third-order valence-electron chi connectivity index (χ3n) is 7.51. The van der Waals surface area contributed by atoms with Crippen molar-refractivity contribution >= 4 is 11.7 Å². The van der Waals surface area contributed by atoms with Crippen LogP contribution in [0.4, 0.5) is 5.69 Å². The summed E-state index contributed by atoms with van der Waals surface area (Å²) in [6.45, 7) is 7.88. The number of carboxylic acid groups (broad SMARTS) is 1. The van der Waals surface area contributed by atoms with Crippen LogP contribution in [0.1, 0.15) is 48.7 Å². The van der Waals surface area contributed by atoms with Crippen LogP contribution in [0, 0.1) is 11.3 Å². The molecule has 3 aliphatic heterocycles. The van der Waals surface area contributed by atoms with E-state index in [0.717, 1.165) is 68.3 Å². The van der Waals surface area contributed by atoms with Crippen LogP contribution in [0.2, 0.25) is 0 Å². The van der Waals surface area contributed by atoms with Crippen LogP contribution in [-0.2, 0) is 11.2 Å². The molecule has 2 aromatic rings. The summed E-state index contributed by atoms with van der Waals surface area (Å²) in [4.78, 5) is 26.5. The molecule has 2 atom stereocenters. The molecule has 0 saturated carbocycles. The Hall–Kier alpha value is -2.80. The number of pyridine rings is 1. The SMILES string of the molecule is COc1cc2c(cc1N1CCC3(CCOC3)C1)CC(C(C)C)n1cc(C(=O)O)c(=O)cc1-2. The number of anilines is 1. The lowest BCUT2D eigenvalue weighted by atomic mass is 9.86. The lowest BCUT2D eigenvalue weighted by molar-refractivity contribution is 0.0694. The van der Waals surface area contributed by atoms with Gasteiger partial charge in [-0.2, -0.15) is 0 Å². The van der Waals surface area contributed by atoms with Gasteiger partial charge in [0.25, 0.3) is 0 Å². The molecule has 32 heavy (non-hydrogen) atoms. The maximum absolute atomic E-state index is 12.5. The Morgan fingerprint density at radius 2 is 2.09 bits per heavy atom. The molecule has 3 aliphatic rings. The number of hydrogen-bond acceptors (Lipinski definition) is 5. The molecule has 0 bridgehead atoms. The molecule has 5 rings (SSSR count). The van der Waals surface area contributed by atoms with E-state index in [0.29, 0.717) is 0 Å². The van der Waals surface area contributed by atoms with Gasteiger partial charge in [-0.05, 0) is 42.9 Å². The van der Waals surface area contributed by atoms with Crippen molar-refractivity contribution in [3.8, 4) is 17.0 Å². The minimum atomic E-state index is -1.19. The Morgan fingerprint density at radius 1 is 1.28 bits per heavy atom. The van der Waals surface area contributed by atoms with Gasteiger partial charge in [-0.25, -0.2) is 4.79 Å². The molecule has 1 spiro atoms. The summed E-state index contributed by atoms with van der Waals surface area (Å²) in [6, 6.07) is 5.78. The van der Waals surface area contributed by atoms with Crippen molar-refractivity contribution in [3.05, 3.63) is 45.7 Å². The van der Waals surface area contributed by atoms with Gasteiger partial charge in [0.15, 0.2) is 5.43 Å². The van der Waals surface area contributed by atoms with Gasteiger partial charge in [-0.15, -0.1) is 0 Å². The number of aromatic nitrogens is 1. The molecule has 1 aromatic carbocycles. The second kappa shape index (κ2) is 7.66. The lowest BCUT2D eigenvalue weighted by Crippen LogP contribution is -2.29. The van der Waals surface area contributed by atoms with E-state index in [2.05, 4.69) is 24.8 Å². The molecule has 0 amide bonds. The first-order valence-corrected chi connectivity index (χ1v) is 11.4. The highest BCUT2D eigenvalue weighted by Crippen LogP contribution is 2.46. The van der Waals surface area contributed by atoms with E-state index in [9.17, 15) is 14.7 Å². The summed E-state index contributed by atoms with van der Waals surface area (Å²) in [5, 5.41) is 9.47.